The van der Waals surface area contributed by atoms with E-state index in [2.05, 4.69) is 33.0 Å². The summed E-state index contributed by atoms with van der Waals surface area (Å²) < 4.78 is 5.70. The molecule has 118 valence electrons. The van der Waals surface area contributed by atoms with E-state index in [1.165, 1.54) is 23.6 Å². The molecule has 1 aliphatic rings. The molecular weight excluding hydrogens is 264 g/mol. The first-order valence-corrected chi connectivity index (χ1v) is 8.10. The number of rotatable bonds is 6. The van der Waals surface area contributed by atoms with Crippen LogP contribution in [-0.2, 0) is 0 Å². The topological polar surface area (TPSA) is 38.3 Å². The van der Waals surface area contributed by atoms with Gasteiger partial charge in [-0.2, -0.15) is 0 Å². The zero-order valence-corrected chi connectivity index (χ0v) is 13.6. The first-order chi connectivity index (χ1) is 10.0. The third-order valence-corrected chi connectivity index (χ3v) is 4.32. The average Bonchev–Trinajstić information content (AvgIpc) is 2.48. The molecule has 0 spiro atoms. The van der Waals surface area contributed by atoms with Crippen LogP contribution in [0.1, 0.15) is 25.3 Å². The molecule has 21 heavy (non-hydrogen) atoms. The summed E-state index contributed by atoms with van der Waals surface area (Å²) in [4.78, 5) is 3.08. The van der Waals surface area contributed by atoms with Gasteiger partial charge in [0, 0.05) is 0 Å². The number of nitrogens with one attached hydrogen (secondary N) is 2. The van der Waals surface area contributed by atoms with Crippen LogP contribution in [0.25, 0.3) is 0 Å². The smallest absolute Gasteiger partial charge is 0.137 e. The van der Waals surface area contributed by atoms with E-state index in [9.17, 15) is 5.11 Å². The van der Waals surface area contributed by atoms with E-state index in [1.807, 2.05) is 12.1 Å². The lowest BCUT2D eigenvalue weighted by molar-refractivity contribution is -1.00. The van der Waals surface area contributed by atoms with Crippen molar-refractivity contribution in [2.24, 2.45) is 0 Å². The molecule has 1 heterocycles. The maximum absolute atomic E-state index is 10.1. The highest BCUT2D eigenvalue weighted by molar-refractivity contribution is 5.28. The fraction of sp³-hybridized carbons (Fsp3) is 0.647. The van der Waals surface area contributed by atoms with Gasteiger partial charge in [-0.3, -0.25) is 0 Å². The second kappa shape index (κ2) is 7.78. The minimum Gasteiger partial charge on any atom is -0.491 e. The summed E-state index contributed by atoms with van der Waals surface area (Å²) in [6.45, 7) is 10.2. The van der Waals surface area contributed by atoms with Crippen LogP contribution in [0.2, 0.25) is 0 Å². The second-order valence-electron chi connectivity index (χ2n) is 6.60. The molecule has 2 rings (SSSR count). The number of hydrogen-bond acceptors (Lipinski definition) is 2. The Hall–Kier alpha value is -1.10. The normalized spacial score (nSPS) is 24.0. The number of quaternary nitrogens is 2. The van der Waals surface area contributed by atoms with E-state index in [4.69, 9.17) is 4.74 Å². The zero-order valence-electron chi connectivity index (χ0n) is 13.6. The number of hydrogen-bond donors (Lipinski definition) is 3. The van der Waals surface area contributed by atoms with E-state index in [1.54, 1.807) is 4.90 Å². The molecule has 0 amide bonds. The number of aliphatic hydroxyl groups excluding tert-OH is 1. The molecule has 1 aromatic rings. The summed E-state index contributed by atoms with van der Waals surface area (Å²) in [5.41, 5.74) is 1.31. The van der Waals surface area contributed by atoms with Crippen molar-refractivity contribution < 1.29 is 19.6 Å². The Morgan fingerprint density at radius 1 is 1.10 bits per heavy atom. The summed E-state index contributed by atoms with van der Waals surface area (Å²) in [7, 11) is 2.23. The lowest BCUT2D eigenvalue weighted by atomic mass is 10.0. The number of benzene rings is 1. The van der Waals surface area contributed by atoms with Crippen LogP contribution in [0, 0.1) is 0 Å². The van der Waals surface area contributed by atoms with Crippen molar-refractivity contribution in [3.63, 3.8) is 0 Å². The van der Waals surface area contributed by atoms with Gasteiger partial charge in [-0.05, 0) is 23.6 Å². The summed E-state index contributed by atoms with van der Waals surface area (Å²) in [5.74, 6) is 1.38. The number of piperazine rings is 1. The summed E-state index contributed by atoms with van der Waals surface area (Å²) in [5, 5.41) is 10.1. The maximum atomic E-state index is 10.1. The van der Waals surface area contributed by atoms with E-state index in [0.717, 1.165) is 25.4 Å². The third kappa shape index (κ3) is 5.30. The fourth-order valence-electron chi connectivity index (χ4n) is 2.77. The third-order valence-electron chi connectivity index (χ3n) is 4.32. The molecule has 4 heteroatoms. The Balaban J connectivity index is 1.72. The minimum absolute atomic E-state index is 0.382. The van der Waals surface area contributed by atoms with Crippen LogP contribution in [0.4, 0.5) is 0 Å². The van der Waals surface area contributed by atoms with Crippen LogP contribution in [-0.4, -0.2) is 57.6 Å². The average molecular weight is 294 g/mol. The highest BCUT2D eigenvalue weighted by Crippen LogP contribution is 2.18. The molecule has 0 unspecified atom stereocenters. The summed E-state index contributed by atoms with van der Waals surface area (Å²) in [6.07, 6.45) is -0.386. The van der Waals surface area contributed by atoms with Gasteiger partial charge in [0.2, 0.25) is 0 Å². The van der Waals surface area contributed by atoms with Crippen LogP contribution in [0.5, 0.6) is 5.75 Å². The van der Waals surface area contributed by atoms with E-state index >= 15 is 0 Å². The largest absolute Gasteiger partial charge is 0.491 e. The predicted molar refractivity (Wildman–Crippen MR) is 84.2 cm³/mol. The fourth-order valence-corrected chi connectivity index (χ4v) is 2.77. The second-order valence-corrected chi connectivity index (χ2v) is 6.60. The van der Waals surface area contributed by atoms with Crippen molar-refractivity contribution in [1.29, 1.82) is 0 Å². The Bertz CT molecular complexity index is 411. The lowest BCUT2D eigenvalue weighted by Gasteiger charge is -2.28. The number of ether oxygens (including phenoxy) is 1. The van der Waals surface area contributed by atoms with Crippen molar-refractivity contribution in [3.05, 3.63) is 29.8 Å². The first kappa shape index (κ1) is 16.3. The highest BCUT2D eigenvalue weighted by atomic mass is 16.5. The van der Waals surface area contributed by atoms with Gasteiger partial charge in [-0.25, -0.2) is 0 Å². The van der Waals surface area contributed by atoms with E-state index < -0.39 is 0 Å². The van der Waals surface area contributed by atoms with Crippen molar-refractivity contribution in [1.82, 2.24) is 0 Å². The summed E-state index contributed by atoms with van der Waals surface area (Å²) in [6, 6.07) is 8.18. The molecule has 4 nitrogen and oxygen atoms in total. The van der Waals surface area contributed by atoms with Gasteiger partial charge in [-0.15, -0.1) is 0 Å². The molecule has 1 aromatic carbocycles. The molecule has 1 atom stereocenters. The molecule has 0 aliphatic carbocycles. The van der Waals surface area contributed by atoms with Crippen molar-refractivity contribution in [2.75, 3.05) is 46.4 Å². The first-order valence-electron chi connectivity index (χ1n) is 8.10. The van der Waals surface area contributed by atoms with Gasteiger partial charge in [0.1, 0.15) is 51.2 Å². The van der Waals surface area contributed by atoms with Crippen LogP contribution >= 0.6 is 0 Å². The SMILES string of the molecule is CC(C)c1ccc(OC[C@H](O)C[NH+]2CC[NH+](C)CC2)cc1. The Labute approximate surface area is 128 Å². The predicted octanol–water partition coefficient (Wildman–Crippen LogP) is -1.04. The number of likely N-dealkylation sites (N-methyl/N-ethyl adjacent to an activating group) is 1. The van der Waals surface area contributed by atoms with E-state index in [0.29, 0.717) is 12.5 Å². The minimum atomic E-state index is -0.386. The van der Waals surface area contributed by atoms with Crippen molar-refractivity contribution in [2.45, 2.75) is 25.9 Å². The van der Waals surface area contributed by atoms with Gasteiger partial charge < -0.3 is 19.6 Å². The Morgan fingerprint density at radius 3 is 2.29 bits per heavy atom. The summed E-state index contributed by atoms with van der Waals surface area (Å²) >= 11 is 0. The standard InChI is InChI=1S/C17H28N2O2/c1-14(2)15-4-6-17(7-5-15)21-13-16(20)12-19-10-8-18(3)9-11-19/h4-7,14,16,20H,8-13H2,1-3H3/p+2/t16-/m1/s1. The quantitative estimate of drug-likeness (QED) is 0.627. The van der Waals surface area contributed by atoms with E-state index in [-0.39, 0.29) is 6.10 Å². The molecular formula is C17H30N2O2+2. The lowest BCUT2D eigenvalue weighted by Crippen LogP contribution is -3.27. The molecule has 1 aliphatic heterocycles. The number of aliphatic hydroxyl groups is 1. The molecule has 1 fully saturated rings. The molecule has 0 saturated carbocycles. The van der Waals surface area contributed by atoms with Gasteiger partial charge in [0.05, 0.1) is 7.05 Å². The van der Waals surface area contributed by atoms with Crippen LogP contribution in [0.15, 0.2) is 24.3 Å². The highest BCUT2D eigenvalue weighted by Gasteiger charge is 2.22. The van der Waals surface area contributed by atoms with Gasteiger partial charge in [0.15, 0.2) is 0 Å². The molecule has 0 aromatic heterocycles. The van der Waals surface area contributed by atoms with Gasteiger partial charge in [0.25, 0.3) is 0 Å². The van der Waals surface area contributed by atoms with Gasteiger partial charge >= 0.3 is 0 Å². The Morgan fingerprint density at radius 2 is 1.71 bits per heavy atom. The van der Waals surface area contributed by atoms with Crippen molar-refractivity contribution >= 4 is 0 Å². The Kier molecular flexibility index (Phi) is 6.03. The molecule has 0 radical (unpaired) electrons. The van der Waals surface area contributed by atoms with Crippen LogP contribution in [0.3, 0.4) is 0 Å². The monoisotopic (exact) mass is 294 g/mol. The van der Waals surface area contributed by atoms with Crippen LogP contribution < -0.4 is 14.5 Å². The molecule has 3 N–H and O–H groups in total. The van der Waals surface area contributed by atoms with Crippen molar-refractivity contribution in [3.8, 4) is 5.75 Å². The zero-order chi connectivity index (χ0) is 15.2. The molecule has 1 saturated heterocycles. The molecule has 0 bridgehead atoms. The maximum Gasteiger partial charge on any atom is 0.137 e. The van der Waals surface area contributed by atoms with Gasteiger partial charge in [-0.1, -0.05) is 26.0 Å².